The molecule has 0 atom stereocenters. The highest BCUT2D eigenvalue weighted by Gasteiger charge is 2.02. The number of alkyl halides is 1. The van der Waals surface area contributed by atoms with E-state index in [4.69, 9.17) is 0 Å². The van der Waals surface area contributed by atoms with Gasteiger partial charge >= 0.3 is 0 Å². The molecule has 0 aliphatic rings. The van der Waals surface area contributed by atoms with Gasteiger partial charge in [0.05, 0.1) is 0 Å². The van der Waals surface area contributed by atoms with E-state index in [1.54, 1.807) is 12.2 Å². The molecule has 0 radical (unpaired) electrons. The lowest BCUT2D eigenvalue weighted by Gasteiger charge is -2.06. The molecule has 0 aliphatic heterocycles. The molecule has 0 spiro atoms. The zero-order chi connectivity index (χ0) is 13.5. The predicted molar refractivity (Wildman–Crippen MR) is 83.2 cm³/mol. The molecule has 0 aromatic heterocycles. The van der Waals surface area contributed by atoms with Gasteiger partial charge in [0, 0.05) is 17.1 Å². The Morgan fingerprint density at radius 3 is 2.47 bits per heavy atom. The summed E-state index contributed by atoms with van der Waals surface area (Å²) in [5.74, 6) is -0.128. The molecule has 19 heavy (non-hydrogen) atoms. The van der Waals surface area contributed by atoms with Gasteiger partial charge in [0.1, 0.15) is 0 Å². The molecular formula is C16H14BrNO. The van der Waals surface area contributed by atoms with Crippen LogP contribution in [0.2, 0.25) is 0 Å². The fourth-order valence-corrected chi connectivity index (χ4v) is 2.16. The Morgan fingerprint density at radius 2 is 1.74 bits per heavy atom. The van der Waals surface area contributed by atoms with Crippen molar-refractivity contribution in [1.82, 2.24) is 0 Å². The van der Waals surface area contributed by atoms with Crippen LogP contribution in [-0.4, -0.2) is 5.91 Å². The number of hydrogen-bond donors (Lipinski definition) is 1. The van der Waals surface area contributed by atoms with Crippen LogP contribution in [0.1, 0.15) is 11.1 Å². The number of rotatable bonds is 4. The van der Waals surface area contributed by atoms with E-state index in [2.05, 4.69) is 21.2 Å². The van der Waals surface area contributed by atoms with Gasteiger partial charge in [0.15, 0.2) is 0 Å². The van der Waals surface area contributed by atoms with Gasteiger partial charge in [-0.15, -0.1) is 0 Å². The third-order valence-corrected chi connectivity index (χ3v) is 3.25. The second kappa shape index (κ2) is 6.90. The first-order valence-corrected chi connectivity index (χ1v) is 7.10. The maximum Gasteiger partial charge on any atom is 0.248 e. The minimum absolute atomic E-state index is 0.128. The van der Waals surface area contributed by atoms with Gasteiger partial charge in [0.2, 0.25) is 5.91 Å². The molecule has 0 bridgehead atoms. The van der Waals surface area contributed by atoms with Crippen molar-refractivity contribution >= 4 is 33.6 Å². The van der Waals surface area contributed by atoms with Gasteiger partial charge in [-0.2, -0.15) is 0 Å². The molecule has 3 heteroatoms. The first kappa shape index (κ1) is 13.6. The second-order valence-electron chi connectivity index (χ2n) is 4.02. The van der Waals surface area contributed by atoms with Gasteiger partial charge < -0.3 is 5.32 Å². The summed E-state index contributed by atoms with van der Waals surface area (Å²) in [5.41, 5.74) is 2.90. The van der Waals surface area contributed by atoms with Crippen molar-refractivity contribution in [3.05, 3.63) is 71.8 Å². The molecule has 2 aromatic rings. The van der Waals surface area contributed by atoms with Crippen molar-refractivity contribution in [3.63, 3.8) is 0 Å². The largest absolute Gasteiger partial charge is 0.322 e. The van der Waals surface area contributed by atoms with E-state index in [-0.39, 0.29) is 5.91 Å². The minimum atomic E-state index is -0.128. The zero-order valence-electron chi connectivity index (χ0n) is 10.3. The average Bonchev–Trinajstić information content (AvgIpc) is 2.47. The Hall–Kier alpha value is -1.87. The smallest absolute Gasteiger partial charge is 0.248 e. The topological polar surface area (TPSA) is 29.1 Å². The Labute approximate surface area is 121 Å². The highest BCUT2D eigenvalue weighted by atomic mass is 79.9. The number of carbonyl (C=O) groups excluding carboxylic acids is 1. The summed E-state index contributed by atoms with van der Waals surface area (Å²) in [7, 11) is 0. The first-order valence-electron chi connectivity index (χ1n) is 5.97. The Morgan fingerprint density at radius 1 is 1.05 bits per heavy atom. The van der Waals surface area contributed by atoms with Crippen LogP contribution >= 0.6 is 15.9 Å². The summed E-state index contributed by atoms with van der Waals surface area (Å²) in [4.78, 5) is 11.8. The van der Waals surface area contributed by atoms with E-state index >= 15 is 0 Å². The third-order valence-electron chi connectivity index (χ3n) is 2.65. The number of hydrogen-bond acceptors (Lipinski definition) is 1. The van der Waals surface area contributed by atoms with Crippen molar-refractivity contribution < 1.29 is 4.79 Å². The summed E-state index contributed by atoms with van der Waals surface area (Å²) in [5, 5.41) is 3.59. The normalized spacial score (nSPS) is 10.6. The number of halogens is 1. The second-order valence-corrected chi connectivity index (χ2v) is 4.58. The van der Waals surface area contributed by atoms with Crippen LogP contribution in [0.5, 0.6) is 0 Å². The lowest BCUT2D eigenvalue weighted by atomic mass is 10.2. The average molecular weight is 316 g/mol. The molecule has 1 amide bonds. The maximum atomic E-state index is 11.8. The summed E-state index contributed by atoms with van der Waals surface area (Å²) >= 11 is 3.40. The van der Waals surface area contributed by atoms with E-state index in [1.165, 1.54) is 0 Å². The standard InChI is InChI=1S/C16H14BrNO/c17-12-14-8-4-5-9-15(14)18-16(19)11-10-13-6-2-1-3-7-13/h1-11H,12H2,(H,18,19). The highest BCUT2D eigenvalue weighted by molar-refractivity contribution is 9.08. The summed E-state index contributed by atoms with van der Waals surface area (Å²) < 4.78 is 0. The van der Waals surface area contributed by atoms with Crippen LogP contribution in [0, 0.1) is 0 Å². The van der Waals surface area contributed by atoms with Gasteiger partial charge in [-0.1, -0.05) is 64.5 Å². The molecule has 96 valence electrons. The van der Waals surface area contributed by atoms with Crippen LogP contribution in [0.3, 0.4) is 0 Å². The minimum Gasteiger partial charge on any atom is -0.322 e. The van der Waals surface area contributed by atoms with E-state index in [9.17, 15) is 4.79 Å². The highest BCUT2D eigenvalue weighted by Crippen LogP contribution is 2.17. The summed E-state index contributed by atoms with van der Waals surface area (Å²) in [6.07, 6.45) is 3.34. The fraction of sp³-hybridized carbons (Fsp3) is 0.0625. The van der Waals surface area contributed by atoms with Crippen LogP contribution in [0.15, 0.2) is 60.7 Å². The molecule has 0 heterocycles. The van der Waals surface area contributed by atoms with Crippen molar-refractivity contribution in [3.8, 4) is 0 Å². The molecule has 0 saturated carbocycles. The maximum absolute atomic E-state index is 11.8. The third kappa shape index (κ3) is 4.07. The molecule has 2 nitrogen and oxygen atoms in total. The molecule has 0 aliphatic carbocycles. The van der Waals surface area contributed by atoms with Crippen LogP contribution in [-0.2, 0) is 10.1 Å². The number of anilines is 1. The molecule has 0 unspecified atom stereocenters. The van der Waals surface area contributed by atoms with Crippen molar-refractivity contribution in [2.75, 3.05) is 5.32 Å². The summed E-state index contributed by atoms with van der Waals surface area (Å²) in [6.45, 7) is 0. The fourth-order valence-electron chi connectivity index (χ4n) is 1.67. The van der Waals surface area contributed by atoms with E-state index < -0.39 is 0 Å². The SMILES string of the molecule is O=C(C=Cc1ccccc1)Nc1ccccc1CBr. The molecular weight excluding hydrogens is 302 g/mol. The monoisotopic (exact) mass is 315 g/mol. The predicted octanol–water partition coefficient (Wildman–Crippen LogP) is 4.23. The quantitative estimate of drug-likeness (QED) is 0.663. The lowest BCUT2D eigenvalue weighted by molar-refractivity contribution is -0.111. The van der Waals surface area contributed by atoms with Gasteiger partial charge in [-0.05, 0) is 23.3 Å². The van der Waals surface area contributed by atoms with Gasteiger partial charge in [-0.3, -0.25) is 4.79 Å². The van der Waals surface area contributed by atoms with Gasteiger partial charge in [0.25, 0.3) is 0 Å². The van der Waals surface area contributed by atoms with Crippen LogP contribution in [0.25, 0.3) is 6.08 Å². The zero-order valence-corrected chi connectivity index (χ0v) is 11.9. The van der Waals surface area contributed by atoms with Crippen molar-refractivity contribution in [1.29, 1.82) is 0 Å². The van der Waals surface area contributed by atoms with E-state index in [1.807, 2.05) is 54.6 Å². The Balaban J connectivity index is 2.04. The molecule has 2 rings (SSSR count). The van der Waals surface area contributed by atoms with Gasteiger partial charge in [-0.25, -0.2) is 0 Å². The number of carbonyl (C=O) groups is 1. The Bertz CT molecular complexity index is 578. The molecule has 2 aromatic carbocycles. The number of nitrogens with one attached hydrogen (secondary N) is 1. The van der Waals surface area contributed by atoms with Crippen LogP contribution in [0.4, 0.5) is 5.69 Å². The first-order chi connectivity index (χ1) is 9.29. The number of amides is 1. The number of para-hydroxylation sites is 1. The molecule has 0 fully saturated rings. The van der Waals surface area contributed by atoms with Crippen LogP contribution < -0.4 is 5.32 Å². The van der Waals surface area contributed by atoms with E-state index in [0.29, 0.717) is 5.33 Å². The lowest BCUT2D eigenvalue weighted by Crippen LogP contribution is -2.09. The van der Waals surface area contributed by atoms with Crippen molar-refractivity contribution in [2.24, 2.45) is 0 Å². The summed E-state index contributed by atoms with van der Waals surface area (Å²) in [6, 6.07) is 17.5. The molecule has 1 N–H and O–H groups in total. The Kier molecular flexibility index (Phi) is 4.93. The molecule has 0 saturated heterocycles. The van der Waals surface area contributed by atoms with Crippen molar-refractivity contribution in [2.45, 2.75) is 5.33 Å². The number of benzene rings is 2. The van der Waals surface area contributed by atoms with E-state index in [0.717, 1.165) is 16.8 Å².